The van der Waals surface area contributed by atoms with Crippen LogP contribution in [-0.2, 0) is 26.2 Å². The van der Waals surface area contributed by atoms with Crippen LogP contribution in [0.3, 0.4) is 0 Å². The molecule has 0 aliphatic carbocycles. The normalized spacial score (nSPS) is 11.1. The summed E-state index contributed by atoms with van der Waals surface area (Å²) in [6.07, 6.45) is 0.468. The van der Waals surface area contributed by atoms with Crippen molar-refractivity contribution in [3.8, 4) is 0 Å². The van der Waals surface area contributed by atoms with Gasteiger partial charge in [-0.15, -0.1) is 0 Å². The van der Waals surface area contributed by atoms with E-state index in [2.05, 4.69) is 15.4 Å². The van der Waals surface area contributed by atoms with Crippen LogP contribution in [0.2, 0.25) is 0 Å². The smallest absolute Gasteiger partial charge is 0.240 e. The molecule has 2 amide bonds. The zero-order valence-corrected chi connectivity index (χ0v) is 16.2. The molecule has 0 aliphatic heterocycles. The van der Waals surface area contributed by atoms with Gasteiger partial charge >= 0.3 is 0 Å². The molecule has 0 heterocycles. The quantitative estimate of drug-likeness (QED) is 0.554. The minimum absolute atomic E-state index is 0.0302. The van der Waals surface area contributed by atoms with Gasteiger partial charge in [0.05, 0.1) is 4.90 Å². The average molecular weight is 407 g/mol. The Kier molecular flexibility index (Phi) is 7.65. The number of halogens is 1. The third-order valence-corrected chi connectivity index (χ3v) is 5.21. The molecule has 7 nitrogen and oxygen atoms in total. The molecule has 0 unspecified atom stereocenters. The maximum Gasteiger partial charge on any atom is 0.240 e. The summed E-state index contributed by atoms with van der Waals surface area (Å²) in [6.45, 7) is 1.80. The van der Waals surface area contributed by atoms with Crippen LogP contribution in [0, 0.1) is 5.82 Å². The van der Waals surface area contributed by atoms with Crippen molar-refractivity contribution in [2.24, 2.45) is 0 Å². The van der Waals surface area contributed by atoms with Crippen molar-refractivity contribution in [1.82, 2.24) is 10.0 Å². The maximum atomic E-state index is 12.9. The fraction of sp³-hybridized carbons (Fsp3) is 0.263. The van der Waals surface area contributed by atoms with Crippen LogP contribution in [0.4, 0.5) is 10.1 Å². The second-order valence-corrected chi connectivity index (χ2v) is 7.88. The molecule has 0 radical (unpaired) electrons. The Balaban J connectivity index is 1.73. The van der Waals surface area contributed by atoms with Crippen molar-refractivity contribution in [1.29, 1.82) is 0 Å². The molecule has 0 aromatic heterocycles. The summed E-state index contributed by atoms with van der Waals surface area (Å²) in [5.41, 5.74) is 1.48. The van der Waals surface area contributed by atoms with Gasteiger partial charge in [0.2, 0.25) is 21.8 Å². The fourth-order valence-corrected chi connectivity index (χ4v) is 3.48. The molecule has 0 saturated heterocycles. The minimum atomic E-state index is -3.73. The maximum absolute atomic E-state index is 12.9. The van der Waals surface area contributed by atoms with Gasteiger partial charge < -0.3 is 10.6 Å². The lowest BCUT2D eigenvalue weighted by Crippen LogP contribution is -2.27. The van der Waals surface area contributed by atoms with Crippen LogP contribution >= 0.6 is 0 Å². The monoisotopic (exact) mass is 407 g/mol. The topological polar surface area (TPSA) is 104 Å². The molecule has 0 bridgehead atoms. The highest BCUT2D eigenvalue weighted by molar-refractivity contribution is 7.89. The second kappa shape index (κ2) is 9.95. The fourth-order valence-electron chi connectivity index (χ4n) is 2.40. The van der Waals surface area contributed by atoms with E-state index in [4.69, 9.17) is 0 Å². The average Bonchev–Trinajstić information content (AvgIpc) is 2.64. The number of benzene rings is 2. The standard InChI is InChI=1S/C19H22FN3O4S/c1-14(24)23-17-5-2-4-15(12-17)13-21-19(25)6-3-11-22-28(26,27)18-9-7-16(20)8-10-18/h2,4-5,7-10,12,22H,3,6,11,13H2,1H3,(H,21,25)(H,23,24). The lowest BCUT2D eigenvalue weighted by atomic mass is 10.2. The van der Waals surface area contributed by atoms with Gasteiger partial charge in [0.25, 0.3) is 0 Å². The molecule has 2 aromatic carbocycles. The predicted octanol–water partition coefficient (Wildman–Crippen LogP) is 2.16. The molecular weight excluding hydrogens is 385 g/mol. The van der Waals surface area contributed by atoms with E-state index >= 15 is 0 Å². The van der Waals surface area contributed by atoms with Crippen LogP contribution in [0.5, 0.6) is 0 Å². The summed E-state index contributed by atoms with van der Waals surface area (Å²) in [7, 11) is -3.73. The first-order valence-electron chi connectivity index (χ1n) is 8.65. The first kappa shape index (κ1) is 21.5. The van der Waals surface area contributed by atoms with Crippen molar-refractivity contribution in [2.45, 2.75) is 31.2 Å². The second-order valence-electron chi connectivity index (χ2n) is 6.11. The summed E-state index contributed by atoms with van der Waals surface area (Å²) < 4.78 is 39.3. The van der Waals surface area contributed by atoms with Gasteiger partial charge in [-0.05, 0) is 48.4 Å². The number of sulfonamides is 1. The Labute approximate surface area is 163 Å². The van der Waals surface area contributed by atoms with E-state index < -0.39 is 15.8 Å². The van der Waals surface area contributed by atoms with Gasteiger partial charge in [-0.3, -0.25) is 9.59 Å². The predicted molar refractivity (Wildman–Crippen MR) is 103 cm³/mol. The van der Waals surface area contributed by atoms with Crippen molar-refractivity contribution >= 4 is 27.5 Å². The van der Waals surface area contributed by atoms with Gasteiger partial charge in [0, 0.05) is 32.1 Å². The molecular formula is C19H22FN3O4S. The highest BCUT2D eigenvalue weighted by Gasteiger charge is 2.13. The van der Waals surface area contributed by atoms with Crippen LogP contribution < -0.4 is 15.4 Å². The number of carbonyl (C=O) groups is 2. The Bertz CT molecular complexity index is 930. The molecule has 0 spiro atoms. The molecule has 28 heavy (non-hydrogen) atoms. The Morgan fingerprint density at radius 1 is 1.07 bits per heavy atom. The zero-order valence-electron chi connectivity index (χ0n) is 15.4. The molecule has 0 atom stereocenters. The van der Waals surface area contributed by atoms with Gasteiger partial charge in [0.15, 0.2) is 0 Å². The lowest BCUT2D eigenvalue weighted by molar-refractivity contribution is -0.121. The molecule has 0 saturated carbocycles. The SMILES string of the molecule is CC(=O)Nc1cccc(CNC(=O)CCCNS(=O)(=O)c2ccc(F)cc2)c1. The van der Waals surface area contributed by atoms with E-state index in [9.17, 15) is 22.4 Å². The van der Waals surface area contributed by atoms with Crippen LogP contribution in [0.1, 0.15) is 25.3 Å². The number of hydrogen-bond donors (Lipinski definition) is 3. The zero-order chi connectivity index (χ0) is 20.6. The van der Waals surface area contributed by atoms with Gasteiger partial charge in [-0.1, -0.05) is 12.1 Å². The van der Waals surface area contributed by atoms with E-state index in [1.54, 1.807) is 18.2 Å². The van der Waals surface area contributed by atoms with Crippen LogP contribution in [0.25, 0.3) is 0 Å². The molecule has 0 aliphatic rings. The van der Waals surface area contributed by atoms with Crippen molar-refractivity contribution in [2.75, 3.05) is 11.9 Å². The minimum Gasteiger partial charge on any atom is -0.352 e. The summed E-state index contributed by atoms with van der Waals surface area (Å²) in [5.74, 6) is -0.909. The Hall–Kier alpha value is -2.78. The number of nitrogens with one attached hydrogen (secondary N) is 3. The van der Waals surface area contributed by atoms with Gasteiger partial charge in [-0.25, -0.2) is 17.5 Å². The Morgan fingerprint density at radius 2 is 1.79 bits per heavy atom. The summed E-state index contributed by atoms with van der Waals surface area (Å²) in [6, 6.07) is 11.6. The van der Waals surface area contributed by atoms with E-state index in [1.165, 1.54) is 19.1 Å². The van der Waals surface area contributed by atoms with E-state index in [1.807, 2.05) is 6.07 Å². The van der Waals surface area contributed by atoms with E-state index in [-0.39, 0.29) is 29.7 Å². The van der Waals surface area contributed by atoms with Gasteiger partial charge in [0.1, 0.15) is 5.82 Å². The lowest BCUT2D eigenvalue weighted by Gasteiger charge is -2.09. The van der Waals surface area contributed by atoms with Gasteiger partial charge in [-0.2, -0.15) is 0 Å². The number of hydrogen-bond acceptors (Lipinski definition) is 4. The number of anilines is 1. The summed E-state index contributed by atoms with van der Waals surface area (Å²) in [4.78, 5) is 22.9. The highest BCUT2D eigenvalue weighted by Crippen LogP contribution is 2.11. The summed E-state index contributed by atoms with van der Waals surface area (Å²) in [5, 5.41) is 5.41. The van der Waals surface area contributed by atoms with Crippen molar-refractivity contribution in [3.63, 3.8) is 0 Å². The molecule has 150 valence electrons. The van der Waals surface area contributed by atoms with E-state index in [0.717, 1.165) is 17.7 Å². The number of amides is 2. The van der Waals surface area contributed by atoms with Crippen LogP contribution in [-0.4, -0.2) is 26.8 Å². The van der Waals surface area contributed by atoms with Crippen molar-refractivity contribution in [3.05, 3.63) is 59.9 Å². The summed E-state index contributed by atoms with van der Waals surface area (Å²) >= 11 is 0. The molecule has 2 rings (SSSR count). The number of rotatable bonds is 9. The molecule has 0 fully saturated rings. The molecule has 2 aromatic rings. The Morgan fingerprint density at radius 3 is 2.46 bits per heavy atom. The first-order chi connectivity index (χ1) is 13.3. The third kappa shape index (κ3) is 7.09. The third-order valence-electron chi connectivity index (χ3n) is 3.73. The number of carbonyl (C=O) groups excluding carboxylic acids is 2. The molecule has 9 heteroatoms. The highest BCUT2D eigenvalue weighted by atomic mass is 32.2. The van der Waals surface area contributed by atoms with Crippen molar-refractivity contribution < 1.29 is 22.4 Å². The largest absolute Gasteiger partial charge is 0.352 e. The van der Waals surface area contributed by atoms with E-state index in [0.29, 0.717) is 18.7 Å². The van der Waals surface area contributed by atoms with Crippen LogP contribution in [0.15, 0.2) is 53.4 Å². The molecule has 3 N–H and O–H groups in total. The first-order valence-corrected chi connectivity index (χ1v) is 10.1.